The molecule has 0 N–H and O–H groups in total. The lowest BCUT2D eigenvalue weighted by atomic mass is 10.1. The molecular weight excluding hydrogens is 463 g/mol. The van der Waals surface area contributed by atoms with Crippen molar-refractivity contribution in [2.24, 2.45) is 0 Å². The number of benzene rings is 2. The molecule has 6 heteroatoms. The molecule has 0 atom stereocenters. The van der Waals surface area contributed by atoms with Crippen molar-refractivity contribution in [3.05, 3.63) is 67.8 Å². The van der Waals surface area contributed by atoms with E-state index in [0.29, 0.717) is 6.42 Å². The molecule has 2 aromatic carbocycles. The summed E-state index contributed by atoms with van der Waals surface area (Å²) in [5.74, 6) is 0. The highest BCUT2D eigenvalue weighted by molar-refractivity contribution is 7.80. The summed E-state index contributed by atoms with van der Waals surface area (Å²) in [4.78, 5) is 0. The van der Waals surface area contributed by atoms with Crippen molar-refractivity contribution in [2.45, 2.75) is 45.4 Å². The van der Waals surface area contributed by atoms with E-state index in [1.807, 2.05) is 0 Å². The molecular formula is C20H27IO4S. The maximum atomic E-state index is 9.99. The molecule has 26 heavy (non-hydrogen) atoms. The van der Waals surface area contributed by atoms with Crippen LogP contribution in [0.25, 0.3) is 0 Å². The Kier molecular flexibility index (Phi) is 12.6. The fraction of sp³-hybridized carbons (Fsp3) is 0.400. The average Bonchev–Trinajstić information content (AvgIpc) is 2.62. The normalized spacial score (nSPS) is 10.8. The molecule has 0 bridgehead atoms. The van der Waals surface area contributed by atoms with Crippen LogP contribution in [0.5, 0.6) is 0 Å². The van der Waals surface area contributed by atoms with E-state index in [1.54, 1.807) is 0 Å². The summed E-state index contributed by atoms with van der Waals surface area (Å²) in [5, 5.41) is 0. The third-order valence-electron chi connectivity index (χ3n) is 3.41. The summed E-state index contributed by atoms with van der Waals surface area (Å²) in [7, 11) is -4.47. The minimum Gasteiger partial charge on any atom is -0.726 e. The number of hydrogen-bond donors (Lipinski definition) is 0. The van der Waals surface area contributed by atoms with Gasteiger partial charge in [0.1, 0.15) is 0 Å². The second-order valence-electron chi connectivity index (χ2n) is 5.68. The van der Waals surface area contributed by atoms with Crippen LogP contribution in [0.15, 0.2) is 60.7 Å². The van der Waals surface area contributed by atoms with Crippen LogP contribution in [0.4, 0.5) is 0 Å². The predicted octanol–water partition coefficient (Wildman–Crippen LogP) is 1.64. The maximum absolute atomic E-state index is 9.99. The Hall–Kier alpha value is -0.960. The molecule has 0 aromatic heterocycles. The van der Waals surface area contributed by atoms with Crippen LogP contribution < -0.4 is 21.2 Å². The predicted molar refractivity (Wildman–Crippen MR) is 99.3 cm³/mol. The molecule has 0 saturated carbocycles. The van der Waals surface area contributed by atoms with E-state index in [2.05, 4.69) is 71.8 Å². The number of hydrogen-bond acceptors (Lipinski definition) is 4. The molecule has 2 aromatic rings. The number of halogens is 1. The Morgan fingerprint density at radius 3 is 1.73 bits per heavy atom. The fourth-order valence-electron chi connectivity index (χ4n) is 2.12. The Balaban J connectivity index is 0.000000260. The molecule has 0 radical (unpaired) electrons. The van der Waals surface area contributed by atoms with Gasteiger partial charge in [-0.15, -0.1) is 0 Å². The smallest absolute Gasteiger partial charge is 0.357 e. The van der Waals surface area contributed by atoms with Gasteiger partial charge in [-0.25, -0.2) is 8.42 Å². The number of unbranched alkanes of at least 4 members (excludes halogenated alkanes) is 5. The molecule has 0 amide bonds. The highest BCUT2D eigenvalue weighted by Gasteiger charge is 2.12. The van der Waals surface area contributed by atoms with E-state index in [4.69, 9.17) is 0 Å². The Morgan fingerprint density at radius 1 is 0.808 bits per heavy atom. The van der Waals surface area contributed by atoms with Crippen molar-refractivity contribution < 1.29 is 38.4 Å². The summed E-state index contributed by atoms with van der Waals surface area (Å²) in [6.45, 7) is 2.16. The molecule has 0 aliphatic rings. The Bertz CT molecular complexity index is 638. The summed E-state index contributed by atoms with van der Waals surface area (Å²) >= 11 is 0.0287. The van der Waals surface area contributed by atoms with Crippen molar-refractivity contribution >= 4 is 10.4 Å². The quantitative estimate of drug-likeness (QED) is 0.220. The Labute approximate surface area is 168 Å². The minimum absolute atomic E-state index is 0.0258. The third kappa shape index (κ3) is 13.3. The van der Waals surface area contributed by atoms with Gasteiger partial charge in [0.05, 0.1) is 6.61 Å². The monoisotopic (exact) mass is 490 g/mol. The van der Waals surface area contributed by atoms with Crippen molar-refractivity contribution in [2.75, 3.05) is 6.61 Å². The van der Waals surface area contributed by atoms with Gasteiger partial charge in [-0.1, -0.05) is 75.4 Å². The van der Waals surface area contributed by atoms with Crippen molar-refractivity contribution in [3.63, 3.8) is 0 Å². The highest BCUT2D eigenvalue weighted by atomic mass is 127. The zero-order valence-electron chi connectivity index (χ0n) is 15.1. The van der Waals surface area contributed by atoms with Crippen LogP contribution in [-0.4, -0.2) is 19.6 Å². The second kappa shape index (κ2) is 14.1. The molecule has 4 nitrogen and oxygen atoms in total. The highest BCUT2D eigenvalue weighted by Crippen LogP contribution is 2.05. The van der Waals surface area contributed by atoms with Gasteiger partial charge in [0.15, 0.2) is 7.14 Å². The van der Waals surface area contributed by atoms with Crippen molar-refractivity contribution in [3.8, 4) is 0 Å². The molecule has 0 aliphatic carbocycles. The third-order valence-corrected chi connectivity index (χ3v) is 6.55. The van der Waals surface area contributed by atoms with Crippen LogP contribution in [0.2, 0.25) is 0 Å². The van der Waals surface area contributed by atoms with E-state index in [0.717, 1.165) is 12.8 Å². The second-order valence-corrected chi connectivity index (χ2v) is 9.77. The van der Waals surface area contributed by atoms with Crippen molar-refractivity contribution in [1.29, 1.82) is 0 Å². The molecule has 144 valence electrons. The van der Waals surface area contributed by atoms with Gasteiger partial charge in [0.2, 0.25) is 10.4 Å². The van der Waals surface area contributed by atoms with Gasteiger partial charge < -0.3 is 4.55 Å². The molecule has 2 rings (SSSR count). The first-order valence-electron chi connectivity index (χ1n) is 8.86. The first kappa shape index (κ1) is 23.1. The van der Waals surface area contributed by atoms with Gasteiger partial charge in [-0.05, 0) is 30.7 Å². The van der Waals surface area contributed by atoms with E-state index >= 15 is 0 Å². The minimum atomic E-state index is -4.47. The zero-order chi connectivity index (χ0) is 19.1. The van der Waals surface area contributed by atoms with Crippen LogP contribution in [0, 0.1) is 7.14 Å². The van der Waals surface area contributed by atoms with Gasteiger partial charge in [0, 0.05) is 0 Å². The largest absolute Gasteiger partial charge is 0.726 e. The summed E-state index contributed by atoms with van der Waals surface area (Å²) in [6.07, 6.45) is 6.21. The van der Waals surface area contributed by atoms with Gasteiger partial charge in [0.25, 0.3) is 0 Å². The number of rotatable bonds is 10. The molecule has 0 spiro atoms. The van der Waals surface area contributed by atoms with Crippen molar-refractivity contribution in [1.82, 2.24) is 0 Å². The van der Waals surface area contributed by atoms with E-state index in [-0.39, 0.29) is 27.8 Å². The zero-order valence-corrected chi connectivity index (χ0v) is 18.1. The van der Waals surface area contributed by atoms with Crippen LogP contribution in [0.1, 0.15) is 45.4 Å². The molecule has 0 fully saturated rings. The van der Waals surface area contributed by atoms with E-state index < -0.39 is 10.4 Å². The maximum Gasteiger partial charge on any atom is 0.357 e. The van der Waals surface area contributed by atoms with Crippen LogP contribution in [0.3, 0.4) is 0 Å². The standard InChI is InChI=1S/C12H10I.C8H18O4S/c1-3-7-11(8-4-1)13-12-9-5-2-6-10-12;1-2-3-4-5-6-7-8-12-13(9,10)11/h1-10H;2-8H2,1H3,(H,9,10,11)/q+1;/p-1. The lowest BCUT2D eigenvalue weighted by molar-refractivity contribution is -0.597. The lowest BCUT2D eigenvalue weighted by Gasteiger charge is -2.06. The van der Waals surface area contributed by atoms with Gasteiger partial charge in [-0.2, -0.15) is 0 Å². The molecule has 0 heterocycles. The fourth-order valence-corrected chi connectivity index (χ4v) is 4.72. The molecule has 0 aliphatic heterocycles. The first-order valence-corrected chi connectivity index (χ1v) is 12.4. The SMILES string of the molecule is CCCCCCCCOS(=O)(=O)[O-].c1ccc([I+]c2ccccc2)cc1. The first-order chi connectivity index (χ1) is 12.5. The van der Waals surface area contributed by atoms with E-state index in [9.17, 15) is 13.0 Å². The molecule has 0 saturated heterocycles. The summed E-state index contributed by atoms with van der Waals surface area (Å²) < 4.78 is 37.0. The summed E-state index contributed by atoms with van der Waals surface area (Å²) in [5.41, 5.74) is 0. The van der Waals surface area contributed by atoms with Crippen LogP contribution >= 0.6 is 0 Å². The lowest BCUT2D eigenvalue weighted by Crippen LogP contribution is -3.61. The van der Waals surface area contributed by atoms with Gasteiger partial charge in [-0.3, -0.25) is 4.18 Å². The van der Waals surface area contributed by atoms with Crippen LogP contribution in [-0.2, 0) is 14.6 Å². The van der Waals surface area contributed by atoms with E-state index in [1.165, 1.54) is 26.4 Å². The molecule has 0 unspecified atom stereocenters. The average molecular weight is 490 g/mol. The Morgan fingerprint density at radius 2 is 1.27 bits per heavy atom. The topological polar surface area (TPSA) is 66.4 Å². The summed E-state index contributed by atoms with van der Waals surface area (Å²) in [6, 6.07) is 21.4. The van der Waals surface area contributed by atoms with Gasteiger partial charge >= 0.3 is 21.2 Å².